The summed E-state index contributed by atoms with van der Waals surface area (Å²) in [6, 6.07) is 0.316. The monoisotopic (exact) mass is 158 g/mol. The van der Waals surface area contributed by atoms with E-state index < -0.39 is 0 Å². The first-order valence-corrected chi connectivity index (χ1v) is 4.40. The van der Waals surface area contributed by atoms with Gasteiger partial charge in [-0.3, -0.25) is 5.32 Å². The maximum Gasteiger partial charge on any atom is 0.0693 e. The van der Waals surface area contributed by atoms with Crippen LogP contribution in [0.3, 0.4) is 0 Å². The van der Waals surface area contributed by atoms with E-state index in [9.17, 15) is 5.11 Å². The summed E-state index contributed by atoms with van der Waals surface area (Å²) in [5.41, 5.74) is 0. The van der Waals surface area contributed by atoms with Crippen molar-refractivity contribution in [3.63, 3.8) is 0 Å². The number of nitrogens with one attached hydrogen (secondary N) is 2. The zero-order chi connectivity index (χ0) is 8.10. The SMILES string of the molecule is CNCN[C@H]1CCCC[C@@H]1O. The summed E-state index contributed by atoms with van der Waals surface area (Å²) in [5.74, 6) is 0. The van der Waals surface area contributed by atoms with Gasteiger partial charge in [-0.25, -0.2) is 0 Å². The van der Waals surface area contributed by atoms with Crippen LogP contribution >= 0.6 is 0 Å². The van der Waals surface area contributed by atoms with Crippen molar-refractivity contribution < 1.29 is 5.11 Å². The summed E-state index contributed by atoms with van der Waals surface area (Å²) >= 11 is 0. The first kappa shape index (κ1) is 8.97. The smallest absolute Gasteiger partial charge is 0.0693 e. The molecule has 1 aliphatic rings. The van der Waals surface area contributed by atoms with Crippen molar-refractivity contribution in [2.75, 3.05) is 13.7 Å². The Morgan fingerprint density at radius 2 is 2.09 bits per heavy atom. The first-order valence-electron chi connectivity index (χ1n) is 4.40. The first-order chi connectivity index (χ1) is 5.34. The minimum absolute atomic E-state index is 0.128. The molecule has 66 valence electrons. The second kappa shape index (κ2) is 4.70. The summed E-state index contributed by atoms with van der Waals surface area (Å²) < 4.78 is 0. The maximum absolute atomic E-state index is 9.51. The van der Waals surface area contributed by atoms with Crippen molar-refractivity contribution in [2.45, 2.75) is 37.8 Å². The Bertz CT molecular complexity index is 108. The van der Waals surface area contributed by atoms with Crippen molar-refractivity contribution in [1.82, 2.24) is 10.6 Å². The second-order valence-electron chi connectivity index (χ2n) is 3.19. The van der Waals surface area contributed by atoms with E-state index in [1.807, 2.05) is 7.05 Å². The minimum atomic E-state index is -0.128. The van der Waals surface area contributed by atoms with E-state index in [0.29, 0.717) is 6.04 Å². The van der Waals surface area contributed by atoms with E-state index in [4.69, 9.17) is 0 Å². The molecule has 0 aromatic rings. The molecular formula is C8H18N2O. The highest BCUT2D eigenvalue weighted by molar-refractivity contribution is 4.79. The molecule has 0 aromatic heterocycles. The van der Waals surface area contributed by atoms with Gasteiger partial charge in [-0.15, -0.1) is 0 Å². The molecule has 0 aliphatic heterocycles. The number of rotatable bonds is 3. The Balaban J connectivity index is 2.18. The molecule has 1 aliphatic carbocycles. The normalized spacial score (nSPS) is 32.2. The van der Waals surface area contributed by atoms with Gasteiger partial charge in [-0.05, 0) is 19.9 Å². The number of hydrogen-bond donors (Lipinski definition) is 3. The molecule has 1 saturated carbocycles. The topological polar surface area (TPSA) is 44.3 Å². The van der Waals surface area contributed by atoms with Gasteiger partial charge in [-0.2, -0.15) is 0 Å². The average molecular weight is 158 g/mol. The Labute approximate surface area is 68.2 Å². The maximum atomic E-state index is 9.51. The Hall–Kier alpha value is -0.120. The minimum Gasteiger partial charge on any atom is -0.392 e. The predicted octanol–water partition coefficient (Wildman–Crippen LogP) is 0.0564. The fourth-order valence-corrected chi connectivity index (χ4v) is 1.58. The van der Waals surface area contributed by atoms with Crippen LogP contribution in [0.25, 0.3) is 0 Å². The summed E-state index contributed by atoms with van der Waals surface area (Å²) in [6.45, 7) is 0.793. The van der Waals surface area contributed by atoms with Crippen LogP contribution in [0.5, 0.6) is 0 Å². The molecule has 1 rings (SSSR count). The van der Waals surface area contributed by atoms with E-state index in [1.165, 1.54) is 12.8 Å². The molecule has 0 bridgehead atoms. The average Bonchev–Trinajstić information content (AvgIpc) is 2.03. The molecular weight excluding hydrogens is 140 g/mol. The molecule has 0 amide bonds. The highest BCUT2D eigenvalue weighted by Crippen LogP contribution is 2.17. The van der Waals surface area contributed by atoms with Crippen molar-refractivity contribution in [2.24, 2.45) is 0 Å². The molecule has 3 heteroatoms. The third-order valence-electron chi connectivity index (χ3n) is 2.27. The number of hydrogen-bond acceptors (Lipinski definition) is 3. The predicted molar refractivity (Wildman–Crippen MR) is 45.3 cm³/mol. The second-order valence-corrected chi connectivity index (χ2v) is 3.19. The van der Waals surface area contributed by atoms with Crippen molar-refractivity contribution in [1.29, 1.82) is 0 Å². The lowest BCUT2D eigenvalue weighted by Gasteiger charge is -2.28. The molecule has 0 heterocycles. The van der Waals surface area contributed by atoms with E-state index in [1.54, 1.807) is 0 Å². The van der Waals surface area contributed by atoms with Crippen LogP contribution in [0.15, 0.2) is 0 Å². The Morgan fingerprint density at radius 3 is 2.73 bits per heavy atom. The van der Waals surface area contributed by atoms with Gasteiger partial charge in [0, 0.05) is 12.7 Å². The van der Waals surface area contributed by atoms with Crippen molar-refractivity contribution in [3.05, 3.63) is 0 Å². The van der Waals surface area contributed by atoms with Gasteiger partial charge in [-0.1, -0.05) is 12.8 Å². The van der Waals surface area contributed by atoms with Crippen LogP contribution in [0, 0.1) is 0 Å². The zero-order valence-corrected chi connectivity index (χ0v) is 7.14. The third-order valence-corrected chi connectivity index (χ3v) is 2.27. The van der Waals surface area contributed by atoms with Crippen LogP contribution in [-0.2, 0) is 0 Å². The van der Waals surface area contributed by atoms with Crippen LogP contribution in [-0.4, -0.2) is 31.0 Å². The quantitative estimate of drug-likeness (QED) is 0.509. The van der Waals surface area contributed by atoms with Gasteiger partial charge in [0.05, 0.1) is 6.10 Å². The third kappa shape index (κ3) is 2.77. The summed E-state index contributed by atoms with van der Waals surface area (Å²) in [5, 5.41) is 15.8. The summed E-state index contributed by atoms with van der Waals surface area (Å²) in [6.07, 6.45) is 4.37. The van der Waals surface area contributed by atoms with Gasteiger partial charge in [0.25, 0.3) is 0 Å². The van der Waals surface area contributed by atoms with Crippen LogP contribution in [0.2, 0.25) is 0 Å². The van der Waals surface area contributed by atoms with Crippen LogP contribution in [0.4, 0.5) is 0 Å². The summed E-state index contributed by atoms with van der Waals surface area (Å²) in [4.78, 5) is 0. The van der Waals surface area contributed by atoms with Gasteiger partial charge in [0.2, 0.25) is 0 Å². The van der Waals surface area contributed by atoms with Crippen LogP contribution < -0.4 is 10.6 Å². The Morgan fingerprint density at radius 1 is 1.36 bits per heavy atom. The fourth-order valence-electron chi connectivity index (χ4n) is 1.58. The molecule has 3 nitrogen and oxygen atoms in total. The summed E-state index contributed by atoms with van der Waals surface area (Å²) in [7, 11) is 1.90. The Kier molecular flexibility index (Phi) is 3.83. The highest BCUT2D eigenvalue weighted by atomic mass is 16.3. The molecule has 11 heavy (non-hydrogen) atoms. The lowest BCUT2D eigenvalue weighted by atomic mass is 9.93. The fraction of sp³-hybridized carbons (Fsp3) is 1.00. The molecule has 2 atom stereocenters. The standard InChI is InChI=1S/C8H18N2O/c1-9-6-10-7-4-2-3-5-8(7)11/h7-11H,2-6H2,1H3/t7-,8-/m0/s1. The molecule has 1 fully saturated rings. The molecule has 0 aromatic carbocycles. The van der Waals surface area contributed by atoms with Gasteiger partial charge in [0.15, 0.2) is 0 Å². The molecule has 3 N–H and O–H groups in total. The molecule has 0 unspecified atom stereocenters. The van der Waals surface area contributed by atoms with Gasteiger partial charge in [0.1, 0.15) is 0 Å². The molecule has 0 spiro atoms. The van der Waals surface area contributed by atoms with Gasteiger partial charge >= 0.3 is 0 Å². The highest BCUT2D eigenvalue weighted by Gasteiger charge is 2.21. The lowest BCUT2D eigenvalue weighted by molar-refractivity contribution is 0.0904. The van der Waals surface area contributed by atoms with Crippen molar-refractivity contribution >= 4 is 0 Å². The van der Waals surface area contributed by atoms with E-state index in [0.717, 1.165) is 19.5 Å². The van der Waals surface area contributed by atoms with Crippen molar-refractivity contribution in [3.8, 4) is 0 Å². The molecule has 0 saturated heterocycles. The molecule has 0 radical (unpaired) electrons. The number of aliphatic hydroxyl groups is 1. The van der Waals surface area contributed by atoms with E-state index in [2.05, 4.69) is 10.6 Å². The van der Waals surface area contributed by atoms with Crippen LogP contribution in [0.1, 0.15) is 25.7 Å². The van der Waals surface area contributed by atoms with Gasteiger partial charge < -0.3 is 10.4 Å². The largest absolute Gasteiger partial charge is 0.392 e. The van der Waals surface area contributed by atoms with E-state index >= 15 is 0 Å². The number of aliphatic hydroxyl groups excluding tert-OH is 1. The zero-order valence-electron chi connectivity index (χ0n) is 7.14. The lowest BCUT2D eigenvalue weighted by Crippen LogP contribution is -2.45. The van der Waals surface area contributed by atoms with E-state index in [-0.39, 0.29) is 6.10 Å².